The van der Waals surface area contributed by atoms with Gasteiger partial charge in [-0.2, -0.15) is 0 Å². The summed E-state index contributed by atoms with van der Waals surface area (Å²) in [4.78, 5) is 0. The van der Waals surface area contributed by atoms with Gasteiger partial charge in [-0.1, -0.05) is 47.5 Å². The van der Waals surface area contributed by atoms with Crippen LogP contribution in [0.2, 0.25) is 10.0 Å². The zero-order valence-electron chi connectivity index (χ0n) is 14.9. The average Bonchev–Trinajstić information content (AvgIpc) is 2.98. The van der Waals surface area contributed by atoms with Gasteiger partial charge < -0.3 is 24.1 Å². The van der Waals surface area contributed by atoms with Crippen LogP contribution in [-0.2, 0) is 32.2 Å². The lowest BCUT2D eigenvalue weighted by Gasteiger charge is -2.21. The molecule has 146 valence electrons. The largest absolute Gasteiger partial charge is 0.385 e. The number of hydrogen-bond acceptors (Lipinski definition) is 5. The molecule has 2 aromatic rings. The molecular weight excluding hydrogens is 391 g/mol. The minimum absolute atomic E-state index is 0.269. The summed E-state index contributed by atoms with van der Waals surface area (Å²) in [6, 6.07) is 14.8. The second-order valence-corrected chi connectivity index (χ2v) is 7.19. The van der Waals surface area contributed by atoms with Crippen LogP contribution < -0.4 is 0 Å². The lowest BCUT2D eigenvalue weighted by atomic mass is 10.1. The van der Waals surface area contributed by atoms with Crippen LogP contribution in [0.1, 0.15) is 11.1 Å². The average molecular weight is 413 g/mol. The van der Waals surface area contributed by atoms with Crippen molar-refractivity contribution in [2.75, 3.05) is 13.7 Å². The molecule has 0 bridgehead atoms. The number of rotatable bonds is 8. The lowest BCUT2D eigenvalue weighted by molar-refractivity contribution is -0.156. The highest BCUT2D eigenvalue weighted by atomic mass is 35.5. The first-order chi connectivity index (χ1) is 13.1. The molecule has 5 nitrogen and oxygen atoms in total. The van der Waals surface area contributed by atoms with Crippen LogP contribution in [0.25, 0.3) is 0 Å². The topological polar surface area (TPSA) is 57.2 Å². The van der Waals surface area contributed by atoms with Crippen molar-refractivity contribution < 1.29 is 24.1 Å². The molecule has 1 fully saturated rings. The van der Waals surface area contributed by atoms with E-state index < -0.39 is 24.6 Å². The molecule has 1 N–H and O–H groups in total. The number of benzene rings is 2. The van der Waals surface area contributed by atoms with E-state index >= 15 is 0 Å². The van der Waals surface area contributed by atoms with Crippen LogP contribution in [0.4, 0.5) is 0 Å². The van der Waals surface area contributed by atoms with Crippen LogP contribution in [0.15, 0.2) is 48.5 Å². The molecule has 0 radical (unpaired) electrons. The van der Waals surface area contributed by atoms with Gasteiger partial charge in [0, 0.05) is 17.2 Å². The summed E-state index contributed by atoms with van der Waals surface area (Å²) in [7, 11) is 1.49. The standard InChI is InChI=1S/C20H22Cl2O5/c1-24-20-18(23)19(26-11-14-4-8-16(22)9-5-14)17(27-20)12-25-10-13-2-6-15(21)7-3-13/h2-9,17-20,23H,10-12H2,1H3/t17-,18-,19+,20+/m0/s1. The van der Waals surface area contributed by atoms with Crippen LogP contribution in [0, 0.1) is 0 Å². The summed E-state index contributed by atoms with van der Waals surface area (Å²) in [6.07, 6.45) is -2.64. The van der Waals surface area contributed by atoms with Gasteiger partial charge in [-0.05, 0) is 35.4 Å². The van der Waals surface area contributed by atoms with Gasteiger partial charge in [0.25, 0.3) is 0 Å². The van der Waals surface area contributed by atoms with Gasteiger partial charge in [-0.3, -0.25) is 0 Å². The SMILES string of the molecule is CO[C@@H]1O[C@@H](COCc2ccc(Cl)cc2)[C@@H](OCc2ccc(Cl)cc2)[C@@H]1O. The van der Waals surface area contributed by atoms with Gasteiger partial charge in [0.2, 0.25) is 0 Å². The number of methoxy groups -OCH3 is 1. The Labute approximate surface area is 168 Å². The highest BCUT2D eigenvalue weighted by Gasteiger charge is 2.44. The third kappa shape index (κ3) is 5.65. The van der Waals surface area contributed by atoms with E-state index in [9.17, 15) is 5.11 Å². The first-order valence-electron chi connectivity index (χ1n) is 8.61. The fourth-order valence-electron chi connectivity index (χ4n) is 2.89. The number of aliphatic hydroxyl groups excluding tert-OH is 1. The van der Waals surface area contributed by atoms with Crippen molar-refractivity contribution >= 4 is 23.2 Å². The molecule has 2 aromatic carbocycles. The van der Waals surface area contributed by atoms with E-state index in [-0.39, 0.29) is 6.61 Å². The highest BCUT2D eigenvalue weighted by Crippen LogP contribution is 2.26. The van der Waals surface area contributed by atoms with Crippen molar-refractivity contribution in [1.29, 1.82) is 0 Å². The Kier molecular flexibility index (Phi) is 7.49. The van der Waals surface area contributed by atoms with Crippen LogP contribution in [0.3, 0.4) is 0 Å². The molecule has 3 rings (SSSR count). The number of aliphatic hydroxyl groups is 1. The molecule has 4 atom stereocenters. The van der Waals surface area contributed by atoms with Crippen molar-refractivity contribution in [3.05, 3.63) is 69.7 Å². The molecule has 1 aliphatic rings. The van der Waals surface area contributed by atoms with Gasteiger partial charge in [0.05, 0.1) is 19.8 Å². The molecular formula is C20H22Cl2O5. The van der Waals surface area contributed by atoms with Gasteiger partial charge in [0.1, 0.15) is 18.3 Å². The van der Waals surface area contributed by atoms with Crippen LogP contribution >= 0.6 is 23.2 Å². The normalized spacial score (nSPS) is 25.0. The molecule has 0 saturated carbocycles. The summed E-state index contributed by atoms with van der Waals surface area (Å²) in [5.74, 6) is 0. The highest BCUT2D eigenvalue weighted by molar-refractivity contribution is 6.30. The molecule has 1 heterocycles. The fourth-order valence-corrected chi connectivity index (χ4v) is 3.14. The van der Waals surface area contributed by atoms with E-state index in [0.29, 0.717) is 23.3 Å². The summed E-state index contributed by atoms with van der Waals surface area (Å²) in [5, 5.41) is 11.8. The van der Waals surface area contributed by atoms with Crippen molar-refractivity contribution in [3.8, 4) is 0 Å². The molecule has 0 unspecified atom stereocenters. The Morgan fingerprint density at radius 3 is 2.04 bits per heavy atom. The Morgan fingerprint density at radius 2 is 1.48 bits per heavy atom. The Hall–Kier alpha value is -1.18. The van der Waals surface area contributed by atoms with E-state index in [2.05, 4.69) is 0 Å². The van der Waals surface area contributed by atoms with Gasteiger partial charge in [0.15, 0.2) is 6.29 Å². The third-order valence-corrected chi connectivity index (χ3v) is 4.85. The molecule has 0 amide bonds. The monoisotopic (exact) mass is 412 g/mol. The zero-order valence-corrected chi connectivity index (χ0v) is 16.4. The van der Waals surface area contributed by atoms with Crippen molar-refractivity contribution in [2.45, 2.75) is 37.8 Å². The maximum atomic E-state index is 10.4. The molecule has 27 heavy (non-hydrogen) atoms. The lowest BCUT2D eigenvalue weighted by Crippen LogP contribution is -2.37. The van der Waals surface area contributed by atoms with Crippen molar-refractivity contribution in [1.82, 2.24) is 0 Å². The molecule has 1 saturated heterocycles. The van der Waals surface area contributed by atoms with Gasteiger partial charge in [-0.25, -0.2) is 0 Å². The second-order valence-electron chi connectivity index (χ2n) is 6.31. The molecule has 0 aromatic heterocycles. The summed E-state index contributed by atoms with van der Waals surface area (Å²) >= 11 is 11.8. The molecule has 0 spiro atoms. The van der Waals surface area contributed by atoms with E-state index in [1.54, 1.807) is 12.1 Å². The minimum atomic E-state index is -0.897. The van der Waals surface area contributed by atoms with E-state index in [1.165, 1.54) is 7.11 Å². The fraction of sp³-hybridized carbons (Fsp3) is 0.400. The van der Waals surface area contributed by atoms with Gasteiger partial charge >= 0.3 is 0 Å². The quantitative estimate of drug-likeness (QED) is 0.713. The predicted octanol–water partition coefficient (Wildman–Crippen LogP) is 3.83. The summed E-state index contributed by atoms with van der Waals surface area (Å²) < 4.78 is 22.6. The second kappa shape index (κ2) is 9.85. The maximum absolute atomic E-state index is 10.4. The number of ether oxygens (including phenoxy) is 4. The van der Waals surface area contributed by atoms with Crippen molar-refractivity contribution in [3.63, 3.8) is 0 Å². The Bertz CT molecular complexity index is 707. The maximum Gasteiger partial charge on any atom is 0.186 e. The first-order valence-corrected chi connectivity index (χ1v) is 9.37. The minimum Gasteiger partial charge on any atom is -0.385 e. The van der Waals surface area contributed by atoms with Crippen LogP contribution in [0.5, 0.6) is 0 Å². The van der Waals surface area contributed by atoms with E-state index in [0.717, 1.165) is 11.1 Å². The number of hydrogen-bond donors (Lipinski definition) is 1. The summed E-state index contributed by atoms with van der Waals surface area (Å²) in [5.41, 5.74) is 1.95. The van der Waals surface area contributed by atoms with Gasteiger partial charge in [-0.15, -0.1) is 0 Å². The number of halogens is 2. The Morgan fingerprint density at radius 1 is 0.926 bits per heavy atom. The third-order valence-electron chi connectivity index (χ3n) is 4.34. The predicted molar refractivity (Wildman–Crippen MR) is 103 cm³/mol. The Balaban J connectivity index is 1.55. The van der Waals surface area contributed by atoms with E-state index in [4.69, 9.17) is 42.1 Å². The molecule has 7 heteroatoms. The van der Waals surface area contributed by atoms with E-state index in [1.807, 2.05) is 36.4 Å². The molecule has 0 aliphatic carbocycles. The summed E-state index contributed by atoms with van der Waals surface area (Å²) in [6.45, 7) is 1.01. The smallest absolute Gasteiger partial charge is 0.186 e. The zero-order chi connectivity index (χ0) is 19.2. The molecule has 1 aliphatic heterocycles. The first kappa shape index (κ1) is 20.6. The van der Waals surface area contributed by atoms with Crippen LogP contribution in [-0.4, -0.2) is 43.4 Å². The van der Waals surface area contributed by atoms with Crippen molar-refractivity contribution in [2.24, 2.45) is 0 Å².